The number of hydrogen-bond acceptors (Lipinski definition) is 4. The first-order valence-electron chi connectivity index (χ1n) is 7.56. The third-order valence-corrected chi connectivity index (χ3v) is 3.57. The van der Waals surface area contributed by atoms with Crippen molar-refractivity contribution >= 4 is 20.4 Å². The van der Waals surface area contributed by atoms with Crippen LogP contribution in [0.15, 0.2) is 35.9 Å². The summed E-state index contributed by atoms with van der Waals surface area (Å²) in [6.45, 7) is 10.5. The summed E-state index contributed by atoms with van der Waals surface area (Å²) in [4.78, 5) is 11.6. The quantitative estimate of drug-likeness (QED) is 0.320. The van der Waals surface area contributed by atoms with Crippen LogP contribution in [0.3, 0.4) is 0 Å². The first-order chi connectivity index (χ1) is 10.7. The lowest BCUT2D eigenvalue weighted by atomic mass is 10.2. The van der Waals surface area contributed by atoms with E-state index in [1.165, 1.54) is 6.08 Å². The summed E-state index contributed by atoms with van der Waals surface area (Å²) in [5.74, 6) is 1.02. The molecule has 0 bridgehead atoms. The zero-order valence-electron chi connectivity index (χ0n) is 14.8. The van der Waals surface area contributed by atoms with Crippen LogP contribution in [0.2, 0.25) is 19.6 Å². The van der Waals surface area contributed by atoms with Crippen LogP contribution in [0.5, 0.6) is 11.5 Å². The zero-order valence-corrected chi connectivity index (χ0v) is 15.8. The molecular weight excluding hydrogens is 308 g/mol. The first-order valence-corrected chi connectivity index (χ1v) is 11.0. The standard InChI is InChI=1S/C18H26O4Si/c1-14(2)11-12-21-18(19)10-8-15-7-9-16(20-3)17(13-15)22-23(4,5)6/h7-11,13H,12H2,1-6H3/b10-8+. The van der Waals surface area contributed by atoms with Gasteiger partial charge in [0.25, 0.3) is 0 Å². The van der Waals surface area contributed by atoms with Crippen molar-refractivity contribution < 1.29 is 18.7 Å². The maximum absolute atomic E-state index is 11.6. The molecule has 0 unspecified atom stereocenters. The molecule has 0 spiro atoms. The molecule has 1 rings (SSSR count). The molecule has 0 aliphatic heterocycles. The second kappa shape index (κ2) is 8.58. The molecule has 4 nitrogen and oxygen atoms in total. The number of allylic oxidation sites excluding steroid dienone is 1. The Kier molecular flexibility index (Phi) is 7.10. The van der Waals surface area contributed by atoms with Gasteiger partial charge in [0.2, 0.25) is 8.32 Å². The number of carbonyl (C=O) groups is 1. The van der Waals surface area contributed by atoms with Gasteiger partial charge in [-0.3, -0.25) is 0 Å². The monoisotopic (exact) mass is 334 g/mol. The van der Waals surface area contributed by atoms with Crippen LogP contribution in [0.25, 0.3) is 6.08 Å². The predicted molar refractivity (Wildman–Crippen MR) is 96.4 cm³/mol. The van der Waals surface area contributed by atoms with Crippen molar-refractivity contribution in [3.63, 3.8) is 0 Å². The summed E-state index contributed by atoms with van der Waals surface area (Å²) in [5.41, 5.74) is 1.98. The van der Waals surface area contributed by atoms with Crippen molar-refractivity contribution in [1.82, 2.24) is 0 Å². The number of hydrogen-bond donors (Lipinski definition) is 0. The Morgan fingerprint density at radius 2 is 1.87 bits per heavy atom. The SMILES string of the molecule is COc1ccc(/C=C/C(=O)OCC=C(C)C)cc1O[Si](C)(C)C. The fraction of sp³-hybridized carbons (Fsp3) is 0.389. The van der Waals surface area contributed by atoms with Crippen molar-refractivity contribution in [1.29, 1.82) is 0 Å². The Hall–Kier alpha value is -2.01. The van der Waals surface area contributed by atoms with Gasteiger partial charge in [-0.25, -0.2) is 4.79 Å². The van der Waals surface area contributed by atoms with E-state index in [2.05, 4.69) is 19.6 Å². The summed E-state index contributed by atoms with van der Waals surface area (Å²) in [5, 5.41) is 0. The number of carbonyl (C=O) groups excluding carboxylic acids is 1. The number of rotatable bonds is 7. The normalized spacial score (nSPS) is 11.2. The molecule has 1 aromatic carbocycles. The minimum absolute atomic E-state index is 0.290. The Balaban J connectivity index is 2.80. The maximum Gasteiger partial charge on any atom is 0.331 e. The van der Waals surface area contributed by atoms with Gasteiger partial charge in [0, 0.05) is 6.08 Å². The van der Waals surface area contributed by atoms with Crippen molar-refractivity contribution in [3.05, 3.63) is 41.5 Å². The van der Waals surface area contributed by atoms with Crippen molar-refractivity contribution in [2.45, 2.75) is 33.5 Å². The van der Waals surface area contributed by atoms with E-state index in [1.54, 1.807) is 13.2 Å². The summed E-state index contributed by atoms with van der Waals surface area (Å²) in [6, 6.07) is 5.58. The van der Waals surface area contributed by atoms with E-state index in [-0.39, 0.29) is 12.6 Å². The van der Waals surface area contributed by atoms with Gasteiger partial charge < -0.3 is 13.9 Å². The number of esters is 1. The molecule has 0 amide bonds. The Bertz CT molecular complexity index is 594. The lowest BCUT2D eigenvalue weighted by Crippen LogP contribution is -2.29. The van der Waals surface area contributed by atoms with Gasteiger partial charge in [-0.15, -0.1) is 0 Å². The second-order valence-electron chi connectivity index (χ2n) is 6.37. The van der Waals surface area contributed by atoms with Gasteiger partial charge in [0.05, 0.1) is 7.11 Å². The van der Waals surface area contributed by atoms with Gasteiger partial charge in [-0.05, 0) is 63.3 Å². The van der Waals surface area contributed by atoms with E-state index in [0.717, 1.165) is 11.1 Å². The molecule has 23 heavy (non-hydrogen) atoms. The lowest BCUT2D eigenvalue weighted by Gasteiger charge is -2.21. The van der Waals surface area contributed by atoms with Crippen LogP contribution in [0.4, 0.5) is 0 Å². The Labute approximate surface area is 139 Å². The second-order valence-corrected chi connectivity index (χ2v) is 10.8. The van der Waals surface area contributed by atoms with Gasteiger partial charge in [-0.1, -0.05) is 11.6 Å². The van der Waals surface area contributed by atoms with Crippen molar-refractivity contribution in [3.8, 4) is 11.5 Å². The number of methoxy groups -OCH3 is 1. The topological polar surface area (TPSA) is 44.8 Å². The van der Waals surface area contributed by atoms with E-state index in [0.29, 0.717) is 11.5 Å². The molecule has 0 saturated heterocycles. The largest absolute Gasteiger partial charge is 0.542 e. The van der Waals surface area contributed by atoms with E-state index in [4.69, 9.17) is 13.9 Å². The zero-order chi connectivity index (χ0) is 17.5. The van der Waals surface area contributed by atoms with E-state index in [1.807, 2.05) is 38.1 Å². The molecule has 1 aromatic rings. The lowest BCUT2D eigenvalue weighted by molar-refractivity contribution is -0.136. The average Bonchev–Trinajstić information content (AvgIpc) is 2.43. The number of ether oxygens (including phenoxy) is 2. The molecule has 0 atom stereocenters. The van der Waals surface area contributed by atoms with Crippen molar-refractivity contribution in [2.75, 3.05) is 13.7 Å². The molecule has 126 valence electrons. The van der Waals surface area contributed by atoms with Crippen molar-refractivity contribution in [2.24, 2.45) is 0 Å². The molecule has 0 aromatic heterocycles. The van der Waals surface area contributed by atoms with Crippen LogP contribution in [-0.4, -0.2) is 28.0 Å². The van der Waals surface area contributed by atoms with E-state index >= 15 is 0 Å². The third kappa shape index (κ3) is 7.70. The minimum atomic E-state index is -1.74. The van der Waals surface area contributed by atoms with Crippen LogP contribution in [0, 0.1) is 0 Å². The van der Waals surface area contributed by atoms with Crippen LogP contribution >= 0.6 is 0 Å². The van der Waals surface area contributed by atoms with E-state index in [9.17, 15) is 4.79 Å². The van der Waals surface area contributed by atoms with Gasteiger partial charge in [0.1, 0.15) is 12.4 Å². The molecule has 5 heteroatoms. The summed E-state index contributed by atoms with van der Waals surface area (Å²) >= 11 is 0. The molecule has 0 radical (unpaired) electrons. The molecule has 0 saturated carbocycles. The average molecular weight is 334 g/mol. The first kappa shape index (κ1) is 19.0. The number of benzene rings is 1. The van der Waals surface area contributed by atoms with Crippen LogP contribution in [0.1, 0.15) is 19.4 Å². The molecule has 0 aliphatic rings. The fourth-order valence-corrected chi connectivity index (χ4v) is 2.53. The van der Waals surface area contributed by atoms with Gasteiger partial charge in [0.15, 0.2) is 5.75 Å². The summed E-state index contributed by atoms with van der Waals surface area (Å²) in [6.07, 6.45) is 4.99. The molecular formula is C18H26O4Si. The minimum Gasteiger partial charge on any atom is -0.542 e. The van der Waals surface area contributed by atoms with Crippen LogP contribution in [-0.2, 0) is 9.53 Å². The fourth-order valence-electron chi connectivity index (χ4n) is 1.71. The highest BCUT2D eigenvalue weighted by Gasteiger charge is 2.18. The predicted octanol–water partition coefficient (Wildman–Crippen LogP) is 4.43. The van der Waals surface area contributed by atoms with Crippen LogP contribution < -0.4 is 9.16 Å². The summed E-state index contributed by atoms with van der Waals surface area (Å²) < 4.78 is 16.4. The smallest absolute Gasteiger partial charge is 0.331 e. The molecule has 0 fully saturated rings. The highest BCUT2D eigenvalue weighted by atomic mass is 28.4. The third-order valence-electron chi connectivity index (χ3n) is 2.73. The molecule has 0 heterocycles. The Morgan fingerprint density at radius 3 is 2.43 bits per heavy atom. The van der Waals surface area contributed by atoms with Gasteiger partial charge in [-0.2, -0.15) is 0 Å². The maximum atomic E-state index is 11.6. The van der Waals surface area contributed by atoms with Gasteiger partial charge >= 0.3 is 5.97 Å². The highest BCUT2D eigenvalue weighted by Crippen LogP contribution is 2.30. The summed E-state index contributed by atoms with van der Waals surface area (Å²) in [7, 11) is -0.130. The van der Waals surface area contributed by atoms with E-state index < -0.39 is 8.32 Å². The Morgan fingerprint density at radius 1 is 1.17 bits per heavy atom. The highest BCUT2D eigenvalue weighted by molar-refractivity contribution is 6.70. The molecule has 0 N–H and O–H groups in total. The molecule has 0 aliphatic carbocycles.